The van der Waals surface area contributed by atoms with Crippen molar-refractivity contribution in [1.82, 2.24) is 5.32 Å². The van der Waals surface area contributed by atoms with E-state index in [1.54, 1.807) is 60.3 Å². The Morgan fingerprint density at radius 1 is 0.926 bits per heavy atom. The summed E-state index contributed by atoms with van der Waals surface area (Å²) in [5.41, 5.74) is 1.76. The highest BCUT2D eigenvalue weighted by Crippen LogP contribution is 2.14. The van der Waals surface area contributed by atoms with Crippen LogP contribution in [0.3, 0.4) is 0 Å². The van der Waals surface area contributed by atoms with Gasteiger partial charge < -0.3 is 16.0 Å². The second-order valence-electron chi connectivity index (χ2n) is 5.92. The van der Waals surface area contributed by atoms with Crippen LogP contribution in [0.1, 0.15) is 23.7 Å². The van der Waals surface area contributed by atoms with Gasteiger partial charge in [0.2, 0.25) is 11.8 Å². The molecule has 0 saturated heterocycles. The van der Waals surface area contributed by atoms with Crippen LogP contribution in [-0.4, -0.2) is 35.8 Å². The van der Waals surface area contributed by atoms with E-state index in [1.165, 1.54) is 6.92 Å². The predicted octanol–water partition coefficient (Wildman–Crippen LogP) is 3.14. The first-order valence-corrected chi connectivity index (χ1v) is 9.92. The lowest BCUT2D eigenvalue weighted by Crippen LogP contribution is -2.44. The third kappa shape index (κ3) is 6.79. The zero-order chi connectivity index (χ0) is 19.6. The second-order valence-corrected chi connectivity index (χ2v) is 6.91. The highest BCUT2D eigenvalue weighted by atomic mass is 32.2. The molecular weight excluding hydrogens is 362 g/mol. The van der Waals surface area contributed by atoms with Crippen LogP contribution < -0.4 is 16.0 Å². The van der Waals surface area contributed by atoms with E-state index in [0.717, 1.165) is 5.75 Å². The third-order valence-electron chi connectivity index (χ3n) is 3.74. The zero-order valence-corrected chi connectivity index (χ0v) is 16.1. The Hall–Kier alpha value is -2.80. The number of nitrogens with one attached hydrogen (secondary N) is 3. The van der Waals surface area contributed by atoms with Gasteiger partial charge in [0.25, 0.3) is 5.91 Å². The standard InChI is InChI=1S/C20H23N3O3S/c1-14(24)21-16-8-10-17(11-9-16)22-20(26)18(12-13-27-2)23-19(25)15-6-4-3-5-7-15/h3-11,18H,12-13H2,1-2H3,(H,21,24)(H,22,26)(H,23,25). The molecule has 7 heteroatoms. The predicted molar refractivity (Wildman–Crippen MR) is 110 cm³/mol. The third-order valence-corrected chi connectivity index (χ3v) is 4.39. The summed E-state index contributed by atoms with van der Waals surface area (Å²) >= 11 is 1.61. The van der Waals surface area contributed by atoms with Gasteiger partial charge in [0.15, 0.2) is 0 Å². The van der Waals surface area contributed by atoms with Crippen molar-refractivity contribution in [1.29, 1.82) is 0 Å². The van der Waals surface area contributed by atoms with E-state index in [4.69, 9.17) is 0 Å². The van der Waals surface area contributed by atoms with Gasteiger partial charge in [0, 0.05) is 23.9 Å². The minimum absolute atomic E-state index is 0.160. The van der Waals surface area contributed by atoms with Gasteiger partial charge in [0.05, 0.1) is 0 Å². The molecule has 3 N–H and O–H groups in total. The van der Waals surface area contributed by atoms with E-state index in [-0.39, 0.29) is 17.7 Å². The van der Waals surface area contributed by atoms with Crippen molar-refractivity contribution in [3.63, 3.8) is 0 Å². The van der Waals surface area contributed by atoms with E-state index >= 15 is 0 Å². The summed E-state index contributed by atoms with van der Waals surface area (Å²) in [5.74, 6) is 0.0280. The molecule has 2 aromatic rings. The van der Waals surface area contributed by atoms with Crippen LogP contribution in [0.25, 0.3) is 0 Å². The van der Waals surface area contributed by atoms with Crippen molar-refractivity contribution >= 4 is 40.9 Å². The van der Waals surface area contributed by atoms with Gasteiger partial charge in [-0.15, -0.1) is 0 Å². The molecular formula is C20H23N3O3S. The van der Waals surface area contributed by atoms with E-state index in [1.807, 2.05) is 12.3 Å². The SMILES string of the molecule is CSCCC(NC(=O)c1ccccc1)C(=O)Nc1ccc(NC(C)=O)cc1. The molecule has 0 aliphatic heterocycles. The number of amides is 3. The molecule has 27 heavy (non-hydrogen) atoms. The van der Waals surface area contributed by atoms with Crippen LogP contribution >= 0.6 is 11.8 Å². The van der Waals surface area contributed by atoms with Crippen LogP contribution in [0.4, 0.5) is 11.4 Å². The molecule has 0 aromatic heterocycles. The molecule has 0 bridgehead atoms. The van der Waals surface area contributed by atoms with E-state index in [2.05, 4.69) is 16.0 Å². The fraction of sp³-hybridized carbons (Fsp3) is 0.250. The summed E-state index contributed by atoms with van der Waals surface area (Å²) in [6.07, 6.45) is 2.48. The Morgan fingerprint density at radius 3 is 2.07 bits per heavy atom. The smallest absolute Gasteiger partial charge is 0.251 e. The molecule has 0 saturated carbocycles. The summed E-state index contributed by atoms with van der Waals surface area (Å²) in [6.45, 7) is 1.43. The van der Waals surface area contributed by atoms with Crippen molar-refractivity contribution < 1.29 is 14.4 Å². The number of carbonyl (C=O) groups excluding carboxylic acids is 3. The topological polar surface area (TPSA) is 87.3 Å². The molecule has 2 aromatic carbocycles. The van der Waals surface area contributed by atoms with Gasteiger partial charge in [-0.1, -0.05) is 18.2 Å². The van der Waals surface area contributed by atoms with Crippen LogP contribution in [-0.2, 0) is 9.59 Å². The molecule has 0 aliphatic carbocycles. The molecule has 0 aliphatic rings. The van der Waals surface area contributed by atoms with Gasteiger partial charge in [0.1, 0.15) is 6.04 Å². The number of hydrogen-bond acceptors (Lipinski definition) is 4. The van der Waals surface area contributed by atoms with Gasteiger partial charge in [-0.3, -0.25) is 14.4 Å². The molecule has 6 nitrogen and oxygen atoms in total. The first-order chi connectivity index (χ1) is 13.0. The fourth-order valence-corrected chi connectivity index (χ4v) is 2.88. The molecule has 1 atom stereocenters. The summed E-state index contributed by atoms with van der Waals surface area (Å²) in [7, 11) is 0. The lowest BCUT2D eigenvalue weighted by molar-refractivity contribution is -0.118. The average Bonchev–Trinajstić information content (AvgIpc) is 2.66. The minimum Gasteiger partial charge on any atom is -0.340 e. The molecule has 1 unspecified atom stereocenters. The van der Waals surface area contributed by atoms with E-state index < -0.39 is 6.04 Å². The van der Waals surface area contributed by atoms with Gasteiger partial charge >= 0.3 is 0 Å². The fourth-order valence-electron chi connectivity index (χ4n) is 2.41. The Kier molecular flexibility index (Phi) is 7.88. The molecule has 2 rings (SSSR count). The van der Waals surface area contributed by atoms with Crippen LogP contribution in [0, 0.1) is 0 Å². The Labute approximate surface area is 163 Å². The van der Waals surface area contributed by atoms with Crippen molar-refractivity contribution in [2.75, 3.05) is 22.6 Å². The van der Waals surface area contributed by atoms with Crippen molar-refractivity contribution in [3.8, 4) is 0 Å². The van der Waals surface area contributed by atoms with Gasteiger partial charge in [-0.2, -0.15) is 11.8 Å². The summed E-state index contributed by atoms with van der Waals surface area (Å²) < 4.78 is 0. The number of thioether (sulfide) groups is 1. The average molecular weight is 385 g/mol. The maximum absolute atomic E-state index is 12.6. The molecule has 0 heterocycles. The quantitative estimate of drug-likeness (QED) is 0.651. The van der Waals surface area contributed by atoms with Crippen LogP contribution in [0.5, 0.6) is 0 Å². The Balaban J connectivity index is 2.03. The van der Waals surface area contributed by atoms with E-state index in [9.17, 15) is 14.4 Å². The second kappa shape index (κ2) is 10.4. The van der Waals surface area contributed by atoms with Crippen molar-refractivity contribution in [2.45, 2.75) is 19.4 Å². The van der Waals surface area contributed by atoms with Crippen molar-refractivity contribution in [3.05, 3.63) is 60.2 Å². The largest absolute Gasteiger partial charge is 0.340 e. The maximum atomic E-state index is 12.6. The summed E-state index contributed by atoms with van der Waals surface area (Å²) in [6, 6.07) is 15.0. The molecule has 142 valence electrons. The number of hydrogen-bond donors (Lipinski definition) is 3. The molecule has 3 amide bonds. The monoisotopic (exact) mass is 385 g/mol. The van der Waals surface area contributed by atoms with Crippen LogP contribution in [0.2, 0.25) is 0 Å². The lowest BCUT2D eigenvalue weighted by Gasteiger charge is -2.18. The van der Waals surface area contributed by atoms with E-state index in [0.29, 0.717) is 23.4 Å². The van der Waals surface area contributed by atoms with Gasteiger partial charge in [-0.05, 0) is 54.8 Å². The first kappa shape index (κ1) is 20.5. The zero-order valence-electron chi connectivity index (χ0n) is 15.3. The van der Waals surface area contributed by atoms with Crippen molar-refractivity contribution in [2.24, 2.45) is 0 Å². The Bertz CT molecular complexity index is 779. The molecule has 0 fully saturated rings. The summed E-state index contributed by atoms with van der Waals surface area (Å²) in [4.78, 5) is 36.1. The highest BCUT2D eigenvalue weighted by molar-refractivity contribution is 7.98. The first-order valence-electron chi connectivity index (χ1n) is 8.53. The normalized spacial score (nSPS) is 11.3. The summed E-state index contributed by atoms with van der Waals surface area (Å²) in [5, 5.41) is 8.29. The van der Waals surface area contributed by atoms with Crippen LogP contribution in [0.15, 0.2) is 54.6 Å². The molecule has 0 spiro atoms. The Morgan fingerprint density at radius 2 is 1.52 bits per heavy atom. The molecule has 0 radical (unpaired) electrons. The number of carbonyl (C=O) groups is 3. The lowest BCUT2D eigenvalue weighted by atomic mass is 10.1. The highest BCUT2D eigenvalue weighted by Gasteiger charge is 2.21. The maximum Gasteiger partial charge on any atom is 0.251 e. The number of anilines is 2. The van der Waals surface area contributed by atoms with Gasteiger partial charge in [-0.25, -0.2) is 0 Å². The number of rotatable bonds is 8. The number of benzene rings is 2. The minimum atomic E-state index is -0.639.